The van der Waals surface area contributed by atoms with E-state index in [0.717, 1.165) is 9.54 Å². The van der Waals surface area contributed by atoms with E-state index in [1.165, 1.54) is 10.7 Å². The van der Waals surface area contributed by atoms with Crippen molar-refractivity contribution in [3.05, 3.63) is 42.2 Å². The Kier molecular flexibility index (Phi) is 2.20. The first-order valence-corrected chi connectivity index (χ1v) is 6.65. The van der Waals surface area contributed by atoms with Crippen LogP contribution in [0.2, 0.25) is 0 Å². The van der Waals surface area contributed by atoms with Gasteiger partial charge in [-0.25, -0.2) is 0 Å². The summed E-state index contributed by atoms with van der Waals surface area (Å²) in [5.74, 6) is 0.218. The lowest BCUT2D eigenvalue weighted by Gasteiger charge is -2.00. The summed E-state index contributed by atoms with van der Waals surface area (Å²) in [7, 11) is -3.64. The number of hydrogen-bond donors (Lipinski definition) is 1. The Morgan fingerprint density at radius 1 is 1.28 bits per heavy atom. The minimum absolute atomic E-state index is 0.217. The number of fused-ring (bicyclic) bond motifs is 1. The molecule has 0 saturated heterocycles. The number of tetrazole rings is 1. The molecule has 3 rings (SSSR count). The van der Waals surface area contributed by atoms with Crippen LogP contribution in [0.5, 0.6) is 0 Å². The highest BCUT2D eigenvalue weighted by Crippen LogP contribution is 2.10. The Hall–Kier alpha value is -2.22. The molecule has 2 heterocycles. The Labute approximate surface area is 103 Å². The molecule has 8 heteroatoms. The third kappa shape index (κ3) is 1.50. The molecule has 0 saturated carbocycles. The van der Waals surface area contributed by atoms with Gasteiger partial charge in [-0.3, -0.25) is 0 Å². The molecule has 1 N–H and O–H groups in total. The van der Waals surface area contributed by atoms with Gasteiger partial charge in [-0.2, -0.15) is 8.42 Å². The second-order valence-electron chi connectivity index (χ2n) is 3.88. The van der Waals surface area contributed by atoms with E-state index in [-0.39, 0.29) is 10.7 Å². The van der Waals surface area contributed by atoms with Crippen LogP contribution in [0.25, 0.3) is 5.78 Å². The van der Waals surface area contributed by atoms with Crippen LogP contribution in [-0.4, -0.2) is 28.5 Å². The fourth-order valence-electron chi connectivity index (χ4n) is 1.66. The van der Waals surface area contributed by atoms with Crippen LogP contribution >= 0.6 is 0 Å². The quantitative estimate of drug-likeness (QED) is 0.655. The van der Waals surface area contributed by atoms with Crippen LogP contribution in [0.4, 0.5) is 0 Å². The van der Waals surface area contributed by atoms with E-state index in [1.807, 2.05) is 6.92 Å². The highest BCUT2D eigenvalue weighted by molar-refractivity contribution is 7.85. The first-order chi connectivity index (χ1) is 8.59. The van der Waals surface area contributed by atoms with Crippen molar-refractivity contribution in [2.24, 2.45) is 0 Å². The molecule has 0 atom stereocenters. The fourth-order valence-corrected chi connectivity index (χ4v) is 2.93. The summed E-state index contributed by atoms with van der Waals surface area (Å²) in [5, 5.41) is 9.82. The highest BCUT2D eigenvalue weighted by atomic mass is 32.2. The van der Waals surface area contributed by atoms with Gasteiger partial charge >= 0.3 is 15.8 Å². The minimum atomic E-state index is -3.64. The van der Waals surface area contributed by atoms with Crippen LogP contribution in [0.1, 0.15) is 5.56 Å². The summed E-state index contributed by atoms with van der Waals surface area (Å²) >= 11 is 0. The van der Waals surface area contributed by atoms with Crippen molar-refractivity contribution in [1.82, 2.24) is 20.0 Å². The van der Waals surface area contributed by atoms with E-state index in [4.69, 9.17) is 0 Å². The van der Waals surface area contributed by atoms with Gasteiger partial charge in [0.1, 0.15) is 17.3 Å². The zero-order valence-corrected chi connectivity index (χ0v) is 10.3. The Morgan fingerprint density at radius 3 is 2.72 bits per heavy atom. The van der Waals surface area contributed by atoms with Crippen molar-refractivity contribution in [3.63, 3.8) is 0 Å². The van der Waals surface area contributed by atoms with Crippen molar-refractivity contribution >= 4 is 15.8 Å². The topological polar surface area (TPSA) is 84.0 Å². The standard InChI is InChI=1S/C10H9N5O2S/c1-8-2-4-9(5-3-8)18(16,17)15-7-6-14-10(15)11-12-13-14/h2-7H,1H3/p+1. The molecule has 0 bridgehead atoms. The number of aromatic nitrogens is 5. The highest BCUT2D eigenvalue weighted by Gasteiger charge is 2.27. The maximum atomic E-state index is 12.4. The van der Waals surface area contributed by atoms with Gasteiger partial charge in [0.2, 0.25) is 0 Å². The Balaban J connectivity index is 2.21. The van der Waals surface area contributed by atoms with Crippen molar-refractivity contribution in [2.45, 2.75) is 11.8 Å². The lowest BCUT2D eigenvalue weighted by molar-refractivity contribution is -0.482. The average molecular weight is 264 g/mol. The number of aromatic amines is 1. The summed E-state index contributed by atoms with van der Waals surface area (Å²) in [6.45, 7) is 1.90. The number of nitrogens with zero attached hydrogens (tertiary/aromatic N) is 4. The van der Waals surface area contributed by atoms with Crippen molar-refractivity contribution < 1.29 is 12.4 Å². The van der Waals surface area contributed by atoms with E-state index in [9.17, 15) is 8.42 Å². The minimum Gasteiger partial charge on any atom is -0.185 e. The van der Waals surface area contributed by atoms with Gasteiger partial charge in [0.05, 0.1) is 5.10 Å². The second-order valence-corrected chi connectivity index (χ2v) is 5.70. The lowest BCUT2D eigenvalue weighted by atomic mass is 10.2. The zero-order chi connectivity index (χ0) is 12.8. The molecule has 0 aliphatic heterocycles. The molecule has 1 aromatic carbocycles. The molecule has 0 aliphatic carbocycles. The smallest absolute Gasteiger partial charge is 0.185 e. The molecular formula is C10H10N5O2S+. The number of H-pyrrole nitrogens is 1. The molecule has 0 spiro atoms. The maximum absolute atomic E-state index is 12.4. The summed E-state index contributed by atoms with van der Waals surface area (Å²) in [6.07, 6.45) is 2.97. The molecule has 7 nitrogen and oxygen atoms in total. The van der Waals surface area contributed by atoms with Crippen molar-refractivity contribution in [1.29, 1.82) is 0 Å². The summed E-state index contributed by atoms with van der Waals surface area (Å²) in [5.41, 5.74) is 1.00. The van der Waals surface area contributed by atoms with Crippen LogP contribution in [0, 0.1) is 6.92 Å². The van der Waals surface area contributed by atoms with E-state index in [1.54, 1.807) is 30.5 Å². The zero-order valence-electron chi connectivity index (χ0n) is 9.48. The SMILES string of the molecule is Cc1ccc(S(=O)(=O)[n+]2ccn3[nH]nnc32)cc1. The fraction of sp³-hybridized carbons (Fsp3) is 0.100. The molecule has 3 aromatic rings. The molecular weight excluding hydrogens is 254 g/mol. The van der Waals surface area contributed by atoms with Gasteiger partial charge in [0.15, 0.2) is 0 Å². The summed E-state index contributed by atoms with van der Waals surface area (Å²) in [4.78, 5) is 0.217. The van der Waals surface area contributed by atoms with Gasteiger partial charge in [-0.15, -0.1) is 13.7 Å². The maximum Gasteiger partial charge on any atom is 0.461 e. The van der Waals surface area contributed by atoms with Crippen molar-refractivity contribution in [3.8, 4) is 0 Å². The number of aryl methyl sites for hydroxylation is 1. The number of nitrogens with one attached hydrogen (secondary N) is 1. The van der Waals surface area contributed by atoms with Crippen LogP contribution in [0.3, 0.4) is 0 Å². The molecule has 0 aliphatic rings. The monoisotopic (exact) mass is 264 g/mol. The lowest BCUT2D eigenvalue weighted by Crippen LogP contribution is -2.41. The molecule has 2 aromatic heterocycles. The summed E-state index contributed by atoms with van der Waals surface area (Å²) in [6, 6.07) is 6.65. The van der Waals surface area contributed by atoms with E-state index >= 15 is 0 Å². The van der Waals surface area contributed by atoms with Crippen molar-refractivity contribution in [2.75, 3.05) is 0 Å². The van der Waals surface area contributed by atoms with Crippen LogP contribution in [-0.2, 0) is 10.0 Å². The average Bonchev–Trinajstić information content (AvgIpc) is 2.90. The van der Waals surface area contributed by atoms with E-state index in [0.29, 0.717) is 0 Å². The largest absolute Gasteiger partial charge is 0.461 e. The number of benzene rings is 1. The molecule has 0 unspecified atom stereocenters. The van der Waals surface area contributed by atoms with Gasteiger partial charge in [-0.05, 0) is 19.1 Å². The number of rotatable bonds is 2. The second kappa shape index (κ2) is 3.64. The van der Waals surface area contributed by atoms with Crippen LogP contribution < -0.4 is 3.97 Å². The van der Waals surface area contributed by atoms with Gasteiger partial charge in [0, 0.05) is 5.21 Å². The molecule has 18 heavy (non-hydrogen) atoms. The van der Waals surface area contributed by atoms with Gasteiger partial charge in [-0.1, -0.05) is 17.7 Å². The molecule has 0 fully saturated rings. The number of hydrogen-bond acceptors (Lipinski definition) is 4. The van der Waals surface area contributed by atoms with E-state index in [2.05, 4.69) is 15.5 Å². The summed E-state index contributed by atoms with van der Waals surface area (Å²) < 4.78 is 27.3. The Bertz CT molecular complexity index is 800. The third-order valence-corrected chi connectivity index (χ3v) is 4.30. The van der Waals surface area contributed by atoms with Gasteiger partial charge in [0.25, 0.3) is 0 Å². The Morgan fingerprint density at radius 2 is 2.00 bits per heavy atom. The van der Waals surface area contributed by atoms with Gasteiger partial charge < -0.3 is 0 Å². The first-order valence-electron chi connectivity index (χ1n) is 5.21. The van der Waals surface area contributed by atoms with E-state index < -0.39 is 10.0 Å². The molecule has 92 valence electrons. The predicted octanol–water partition coefficient (Wildman–Crippen LogP) is -0.110. The van der Waals surface area contributed by atoms with Crippen LogP contribution in [0.15, 0.2) is 41.6 Å². The predicted molar refractivity (Wildman–Crippen MR) is 61.3 cm³/mol. The first kappa shape index (κ1) is 10.9. The third-order valence-electron chi connectivity index (χ3n) is 2.63. The normalized spacial score (nSPS) is 12.1. The number of imidazole rings is 1. The molecule has 0 amide bonds. The molecule has 0 radical (unpaired) electrons.